The van der Waals surface area contributed by atoms with Gasteiger partial charge in [-0.05, 0) is 19.1 Å². The summed E-state index contributed by atoms with van der Waals surface area (Å²) in [6.07, 6.45) is 2.67. The van der Waals surface area contributed by atoms with Crippen molar-refractivity contribution in [1.29, 1.82) is 0 Å². The number of amides is 1. The minimum atomic E-state index is -0.499. The molecule has 0 spiro atoms. The Bertz CT molecular complexity index is 337. The van der Waals surface area contributed by atoms with Gasteiger partial charge in [-0.2, -0.15) is 0 Å². The molecule has 0 saturated carbocycles. The Balaban J connectivity index is 2.56. The molecule has 1 amide bonds. The van der Waals surface area contributed by atoms with Gasteiger partial charge in [-0.3, -0.25) is 10.3 Å². The Labute approximate surface area is 82.6 Å². The number of carbonyl (C=O) groups is 1. The topological polar surface area (TPSA) is 51.2 Å². The molecule has 0 radical (unpaired) electrons. The van der Waals surface area contributed by atoms with Crippen molar-refractivity contribution in [3.8, 4) is 0 Å². The van der Waals surface area contributed by atoms with E-state index in [0.717, 1.165) is 5.69 Å². The van der Waals surface area contributed by atoms with Gasteiger partial charge in [0.15, 0.2) is 0 Å². The first-order valence-electron chi connectivity index (χ1n) is 4.20. The minimum Gasteiger partial charge on any atom is -0.445 e. The van der Waals surface area contributed by atoms with Crippen LogP contribution in [-0.4, -0.2) is 17.7 Å². The normalized spacial score (nSPS) is 9.21. The first-order chi connectivity index (χ1) is 6.74. The number of aromatic nitrogens is 1. The molecule has 4 heteroatoms. The molecule has 0 fully saturated rings. The lowest BCUT2D eigenvalue weighted by Gasteiger charge is -2.06. The maximum atomic E-state index is 11.1. The summed E-state index contributed by atoms with van der Waals surface area (Å²) >= 11 is 0. The molecule has 0 saturated heterocycles. The second-order valence-electron chi connectivity index (χ2n) is 2.65. The number of pyridine rings is 1. The third kappa shape index (κ3) is 2.90. The molecule has 1 N–H and O–H groups in total. The molecule has 0 unspecified atom stereocenters. The first-order valence-corrected chi connectivity index (χ1v) is 4.20. The fraction of sp³-hybridized carbons (Fsp3) is 0.200. The monoisotopic (exact) mass is 192 g/mol. The molecule has 1 aromatic rings. The molecule has 0 aromatic carbocycles. The Morgan fingerprint density at radius 3 is 3.21 bits per heavy atom. The van der Waals surface area contributed by atoms with Gasteiger partial charge in [-0.15, -0.1) is 0 Å². The molecule has 0 aliphatic carbocycles. The average Bonchev–Trinajstić information content (AvgIpc) is 2.18. The van der Waals surface area contributed by atoms with Gasteiger partial charge in [0.2, 0.25) is 0 Å². The standard InChI is InChI=1S/C10H12N2O2/c1-3-7-14-10(13)12-9-5-4-6-11-8(9)2/h3-6H,1,7H2,2H3,(H,12,13). The Morgan fingerprint density at radius 2 is 2.57 bits per heavy atom. The average molecular weight is 192 g/mol. The number of nitrogens with one attached hydrogen (secondary N) is 1. The number of aryl methyl sites for hydroxylation is 1. The van der Waals surface area contributed by atoms with Crippen molar-refractivity contribution >= 4 is 11.8 Å². The van der Waals surface area contributed by atoms with Crippen molar-refractivity contribution in [3.05, 3.63) is 36.7 Å². The predicted molar refractivity (Wildman–Crippen MR) is 54.1 cm³/mol. The van der Waals surface area contributed by atoms with Crippen LogP contribution in [0.5, 0.6) is 0 Å². The summed E-state index contributed by atoms with van der Waals surface area (Å²) in [5, 5.41) is 2.57. The minimum absolute atomic E-state index is 0.200. The van der Waals surface area contributed by atoms with Crippen LogP contribution in [0.25, 0.3) is 0 Å². The van der Waals surface area contributed by atoms with Crippen LogP contribution in [0.1, 0.15) is 5.69 Å². The van der Waals surface area contributed by atoms with Gasteiger partial charge in [0.05, 0.1) is 11.4 Å². The maximum Gasteiger partial charge on any atom is 0.411 e. The Hall–Kier alpha value is -1.84. The van der Waals surface area contributed by atoms with Crippen LogP contribution in [0.3, 0.4) is 0 Å². The zero-order valence-electron chi connectivity index (χ0n) is 7.99. The smallest absolute Gasteiger partial charge is 0.411 e. The molecule has 14 heavy (non-hydrogen) atoms. The predicted octanol–water partition coefficient (Wildman–Crippen LogP) is 2.12. The Morgan fingerprint density at radius 1 is 1.79 bits per heavy atom. The third-order valence-corrected chi connectivity index (χ3v) is 1.58. The zero-order chi connectivity index (χ0) is 10.4. The van der Waals surface area contributed by atoms with Crippen molar-refractivity contribution in [3.63, 3.8) is 0 Å². The van der Waals surface area contributed by atoms with E-state index in [9.17, 15) is 4.79 Å². The zero-order valence-corrected chi connectivity index (χ0v) is 7.99. The number of hydrogen-bond donors (Lipinski definition) is 1. The highest BCUT2D eigenvalue weighted by molar-refractivity contribution is 5.85. The number of carbonyl (C=O) groups excluding carboxylic acids is 1. The molecule has 1 heterocycles. The van der Waals surface area contributed by atoms with Crippen LogP contribution >= 0.6 is 0 Å². The fourth-order valence-corrected chi connectivity index (χ4v) is 0.897. The van der Waals surface area contributed by atoms with Crippen molar-refractivity contribution in [1.82, 2.24) is 4.98 Å². The highest BCUT2D eigenvalue weighted by Crippen LogP contribution is 2.10. The van der Waals surface area contributed by atoms with E-state index in [4.69, 9.17) is 4.74 Å². The largest absolute Gasteiger partial charge is 0.445 e. The van der Waals surface area contributed by atoms with Crippen molar-refractivity contribution in [2.75, 3.05) is 11.9 Å². The number of nitrogens with zero attached hydrogens (tertiary/aromatic N) is 1. The molecule has 4 nitrogen and oxygen atoms in total. The highest BCUT2D eigenvalue weighted by Gasteiger charge is 2.03. The van der Waals surface area contributed by atoms with Crippen LogP contribution in [0, 0.1) is 6.92 Å². The second-order valence-corrected chi connectivity index (χ2v) is 2.65. The van der Waals surface area contributed by atoms with Crippen LogP contribution in [0.4, 0.5) is 10.5 Å². The number of ether oxygens (including phenoxy) is 1. The second kappa shape index (κ2) is 5.01. The fourth-order valence-electron chi connectivity index (χ4n) is 0.897. The van der Waals surface area contributed by atoms with Crippen LogP contribution in [0.2, 0.25) is 0 Å². The molecular weight excluding hydrogens is 180 g/mol. The Kier molecular flexibility index (Phi) is 3.67. The first kappa shape index (κ1) is 10.2. The summed E-state index contributed by atoms with van der Waals surface area (Å²) in [5.41, 5.74) is 1.41. The van der Waals surface area contributed by atoms with Gasteiger partial charge >= 0.3 is 6.09 Å². The molecule has 0 aliphatic heterocycles. The summed E-state index contributed by atoms with van der Waals surface area (Å²) in [6, 6.07) is 3.51. The molecular formula is C10H12N2O2. The van der Waals surface area contributed by atoms with E-state index in [0.29, 0.717) is 5.69 Å². The van der Waals surface area contributed by atoms with E-state index in [1.807, 2.05) is 6.92 Å². The van der Waals surface area contributed by atoms with Crippen LogP contribution in [0.15, 0.2) is 31.0 Å². The van der Waals surface area contributed by atoms with Crippen LogP contribution < -0.4 is 5.32 Å². The quantitative estimate of drug-likeness (QED) is 0.746. The molecule has 1 rings (SSSR count). The molecule has 0 aliphatic rings. The van der Waals surface area contributed by atoms with Crippen molar-refractivity contribution in [2.24, 2.45) is 0 Å². The maximum absolute atomic E-state index is 11.1. The van der Waals surface area contributed by atoms with Gasteiger partial charge < -0.3 is 4.74 Å². The lowest BCUT2D eigenvalue weighted by molar-refractivity contribution is 0.174. The van der Waals surface area contributed by atoms with E-state index in [1.54, 1.807) is 18.3 Å². The van der Waals surface area contributed by atoms with Gasteiger partial charge in [0.25, 0.3) is 0 Å². The summed E-state index contributed by atoms with van der Waals surface area (Å²) in [4.78, 5) is 15.1. The third-order valence-electron chi connectivity index (χ3n) is 1.58. The van der Waals surface area contributed by atoms with E-state index >= 15 is 0 Å². The van der Waals surface area contributed by atoms with E-state index in [2.05, 4.69) is 16.9 Å². The molecule has 74 valence electrons. The summed E-state index contributed by atoms with van der Waals surface area (Å²) in [5.74, 6) is 0. The number of anilines is 1. The number of hydrogen-bond acceptors (Lipinski definition) is 3. The molecule has 1 aromatic heterocycles. The number of rotatable bonds is 3. The van der Waals surface area contributed by atoms with Gasteiger partial charge in [-0.1, -0.05) is 12.7 Å². The summed E-state index contributed by atoms with van der Waals surface area (Å²) < 4.78 is 4.75. The highest BCUT2D eigenvalue weighted by atomic mass is 16.5. The lowest BCUT2D eigenvalue weighted by atomic mass is 10.3. The van der Waals surface area contributed by atoms with Crippen molar-refractivity contribution in [2.45, 2.75) is 6.92 Å². The van der Waals surface area contributed by atoms with Gasteiger partial charge in [0, 0.05) is 6.20 Å². The SMILES string of the molecule is C=CCOC(=O)Nc1cccnc1C. The van der Waals surface area contributed by atoms with Crippen LogP contribution in [-0.2, 0) is 4.74 Å². The van der Waals surface area contributed by atoms with Gasteiger partial charge in [0.1, 0.15) is 6.61 Å². The van der Waals surface area contributed by atoms with Crippen molar-refractivity contribution < 1.29 is 9.53 Å². The van der Waals surface area contributed by atoms with Gasteiger partial charge in [-0.25, -0.2) is 4.79 Å². The van der Waals surface area contributed by atoms with E-state index < -0.39 is 6.09 Å². The lowest BCUT2D eigenvalue weighted by Crippen LogP contribution is -2.14. The van der Waals surface area contributed by atoms with E-state index in [-0.39, 0.29) is 6.61 Å². The molecule has 0 bridgehead atoms. The summed E-state index contributed by atoms with van der Waals surface area (Å²) in [7, 11) is 0. The van der Waals surface area contributed by atoms with E-state index in [1.165, 1.54) is 6.08 Å². The summed E-state index contributed by atoms with van der Waals surface area (Å²) in [6.45, 7) is 5.45. The molecule has 0 atom stereocenters.